The first-order valence-electron chi connectivity index (χ1n) is 8.70. The molecule has 2 N–H and O–H groups in total. The molecule has 1 saturated heterocycles. The molecule has 0 saturated carbocycles. The predicted molar refractivity (Wildman–Crippen MR) is 103 cm³/mol. The third-order valence-electron chi connectivity index (χ3n) is 4.94. The summed E-state index contributed by atoms with van der Waals surface area (Å²) in [7, 11) is 0. The van der Waals surface area contributed by atoms with Crippen molar-refractivity contribution in [2.24, 2.45) is 5.92 Å². The SMILES string of the molecule is C[C@@H]1CCC[NH+](Cc2nc3scc(-c4ccccc4Cl)c3c(=O)[nH]2)C1. The number of nitrogens with one attached hydrogen (secondary N) is 2. The van der Waals surface area contributed by atoms with Gasteiger partial charge >= 0.3 is 0 Å². The summed E-state index contributed by atoms with van der Waals surface area (Å²) in [6, 6.07) is 7.61. The van der Waals surface area contributed by atoms with E-state index in [4.69, 9.17) is 16.6 Å². The van der Waals surface area contributed by atoms with Gasteiger partial charge in [-0.3, -0.25) is 4.79 Å². The van der Waals surface area contributed by atoms with Crippen LogP contribution in [0, 0.1) is 5.92 Å². The molecule has 0 radical (unpaired) electrons. The van der Waals surface area contributed by atoms with E-state index in [1.54, 1.807) is 0 Å². The number of hydrogen-bond acceptors (Lipinski definition) is 3. The van der Waals surface area contributed by atoms with Crippen LogP contribution in [-0.4, -0.2) is 23.1 Å². The molecule has 1 unspecified atom stereocenters. The Morgan fingerprint density at radius 3 is 3.00 bits per heavy atom. The molecule has 6 heteroatoms. The normalized spacial score (nSPS) is 20.9. The van der Waals surface area contributed by atoms with Gasteiger partial charge in [-0.1, -0.05) is 36.7 Å². The number of likely N-dealkylation sites (tertiary alicyclic amines) is 1. The highest BCUT2D eigenvalue weighted by Gasteiger charge is 2.22. The lowest BCUT2D eigenvalue weighted by atomic mass is 10.0. The number of aromatic nitrogens is 2. The Morgan fingerprint density at radius 1 is 1.36 bits per heavy atom. The number of hydrogen-bond donors (Lipinski definition) is 2. The number of quaternary nitrogens is 1. The first kappa shape index (κ1) is 16.8. The molecule has 1 fully saturated rings. The largest absolute Gasteiger partial charge is 0.328 e. The monoisotopic (exact) mass is 374 g/mol. The third-order valence-corrected chi connectivity index (χ3v) is 6.14. The molecule has 1 aliphatic heterocycles. The standard InChI is InChI=1S/C19H20ClN3OS/c1-12-5-4-8-23(9-12)10-16-21-18(24)17-14(11-25-19(17)22-16)13-6-2-3-7-15(13)20/h2-3,6-7,11-12H,4-5,8-10H2,1H3,(H,21,22,24)/p+1/t12-/m1/s1. The molecular formula is C19H21ClN3OS+. The Hall–Kier alpha value is -1.69. The summed E-state index contributed by atoms with van der Waals surface area (Å²) in [5, 5.41) is 3.27. The van der Waals surface area contributed by atoms with Gasteiger partial charge in [0.2, 0.25) is 0 Å². The van der Waals surface area contributed by atoms with E-state index in [-0.39, 0.29) is 5.56 Å². The molecule has 0 amide bonds. The molecule has 25 heavy (non-hydrogen) atoms. The average Bonchev–Trinajstić information content (AvgIpc) is 2.99. The number of benzene rings is 1. The summed E-state index contributed by atoms with van der Waals surface area (Å²) in [6.07, 6.45) is 2.55. The zero-order chi connectivity index (χ0) is 17.4. The smallest absolute Gasteiger partial charge is 0.260 e. The summed E-state index contributed by atoms with van der Waals surface area (Å²) < 4.78 is 0. The van der Waals surface area contributed by atoms with Gasteiger partial charge in [0.05, 0.1) is 18.5 Å². The van der Waals surface area contributed by atoms with Crippen LogP contribution in [0.4, 0.5) is 0 Å². The number of nitrogens with zero attached hydrogens (tertiary/aromatic N) is 1. The first-order chi connectivity index (χ1) is 12.1. The number of fused-ring (bicyclic) bond motifs is 1. The molecule has 1 aliphatic rings. The van der Waals surface area contributed by atoms with Gasteiger partial charge in [-0.05, 0) is 18.9 Å². The van der Waals surface area contributed by atoms with Crippen molar-refractivity contribution in [1.29, 1.82) is 0 Å². The summed E-state index contributed by atoms with van der Waals surface area (Å²) in [4.78, 5) is 22.8. The molecule has 130 valence electrons. The Kier molecular flexibility index (Phi) is 4.63. The van der Waals surface area contributed by atoms with Gasteiger partial charge in [0, 0.05) is 27.4 Å². The van der Waals surface area contributed by atoms with Gasteiger partial charge in [-0.25, -0.2) is 4.98 Å². The van der Waals surface area contributed by atoms with Crippen LogP contribution in [0.1, 0.15) is 25.6 Å². The lowest BCUT2D eigenvalue weighted by molar-refractivity contribution is -0.922. The quantitative estimate of drug-likeness (QED) is 0.740. The molecule has 3 aromatic rings. The van der Waals surface area contributed by atoms with Crippen LogP contribution in [0.25, 0.3) is 21.3 Å². The van der Waals surface area contributed by atoms with E-state index in [1.807, 2.05) is 29.6 Å². The number of rotatable bonds is 3. The van der Waals surface area contributed by atoms with Gasteiger partial charge in [0.25, 0.3) is 5.56 Å². The van der Waals surface area contributed by atoms with Crippen molar-refractivity contribution < 1.29 is 4.90 Å². The highest BCUT2D eigenvalue weighted by molar-refractivity contribution is 7.17. The second kappa shape index (κ2) is 6.90. The fourth-order valence-electron chi connectivity index (χ4n) is 3.75. The van der Waals surface area contributed by atoms with E-state index >= 15 is 0 Å². The third kappa shape index (κ3) is 3.36. The lowest BCUT2D eigenvalue weighted by Crippen LogP contribution is -3.12. The van der Waals surface area contributed by atoms with Crippen molar-refractivity contribution in [2.45, 2.75) is 26.3 Å². The predicted octanol–water partition coefficient (Wildman–Crippen LogP) is 3.12. The maximum absolute atomic E-state index is 12.7. The second-order valence-corrected chi connectivity index (χ2v) is 8.22. The van der Waals surface area contributed by atoms with Crippen LogP contribution in [0.5, 0.6) is 0 Å². The minimum Gasteiger partial charge on any atom is -0.328 e. The first-order valence-corrected chi connectivity index (χ1v) is 9.96. The fraction of sp³-hybridized carbons (Fsp3) is 0.368. The van der Waals surface area contributed by atoms with E-state index in [2.05, 4.69) is 11.9 Å². The van der Waals surface area contributed by atoms with Crippen molar-refractivity contribution in [3.05, 3.63) is 50.8 Å². The topological polar surface area (TPSA) is 50.2 Å². The summed E-state index contributed by atoms with van der Waals surface area (Å²) >= 11 is 7.82. The number of aromatic amines is 1. The van der Waals surface area contributed by atoms with Crippen LogP contribution in [0.3, 0.4) is 0 Å². The summed E-state index contributed by atoms with van der Waals surface area (Å²) in [5.41, 5.74) is 1.68. The molecule has 1 aromatic carbocycles. The Bertz CT molecular complexity index is 965. The maximum Gasteiger partial charge on any atom is 0.260 e. The molecule has 3 heterocycles. The highest BCUT2D eigenvalue weighted by atomic mass is 35.5. The van der Waals surface area contributed by atoms with Crippen LogP contribution >= 0.6 is 22.9 Å². The molecular weight excluding hydrogens is 354 g/mol. The van der Waals surface area contributed by atoms with Crippen molar-refractivity contribution in [3.8, 4) is 11.1 Å². The number of halogens is 1. The van der Waals surface area contributed by atoms with Crippen LogP contribution in [-0.2, 0) is 6.54 Å². The highest BCUT2D eigenvalue weighted by Crippen LogP contribution is 2.34. The zero-order valence-corrected chi connectivity index (χ0v) is 15.7. The Balaban J connectivity index is 1.70. The van der Waals surface area contributed by atoms with E-state index in [9.17, 15) is 4.79 Å². The number of piperidine rings is 1. The molecule has 0 spiro atoms. The van der Waals surface area contributed by atoms with Crippen molar-refractivity contribution >= 4 is 33.2 Å². The maximum atomic E-state index is 12.7. The van der Waals surface area contributed by atoms with Gasteiger partial charge in [-0.2, -0.15) is 0 Å². The molecule has 2 atom stereocenters. The number of thiophene rings is 1. The fourth-order valence-corrected chi connectivity index (χ4v) is 4.95. The van der Waals surface area contributed by atoms with Gasteiger partial charge in [0.15, 0.2) is 5.82 Å². The molecule has 4 rings (SSSR count). The van der Waals surface area contributed by atoms with Gasteiger partial charge < -0.3 is 9.88 Å². The zero-order valence-electron chi connectivity index (χ0n) is 14.1. The molecule has 0 bridgehead atoms. The van der Waals surface area contributed by atoms with E-state index in [1.165, 1.54) is 29.1 Å². The lowest BCUT2D eigenvalue weighted by Gasteiger charge is -2.27. The summed E-state index contributed by atoms with van der Waals surface area (Å²) in [6.45, 7) is 5.39. The van der Waals surface area contributed by atoms with Crippen LogP contribution < -0.4 is 10.5 Å². The van der Waals surface area contributed by atoms with Gasteiger partial charge in [0.1, 0.15) is 11.4 Å². The van der Waals surface area contributed by atoms with E-state index < -0.39 is 0 Å². The molecule has 2 aromatic heterocycles. The van der Waals surface area contributed by atoms with Gasteiger partial charge in [-0.15, -0.1) is 11.3 Å². The molecule has 0 aliphatic carbocycles. The minimum atomic E-state index is -0.0689. The molecule has 4 nitrogen and oxygen atoms in total. The average molecular weight is 375 g/mol. The Labute approximate surface area is 155 Å². The van der Waals surface area contributed by atoms with Crippen molar-refractivity contribution in [3.63, 3.8) is 0 Å². The van der Waals surface area contributed by atoms with Crippen LogP contribution in [0.2, 0.25) is 5.02 Å². The second-order valence-electron chi connectivity index (χ2n) is 6.95. The van der Waals surface area contributed by atoms with Crippen molar-refractivity contribution in [1.82, 2.24) is 9.97 Å². The van der Waals surface area contributed by atoms with E-state index in [0.29, 0.717) is 10.4 Å². The van der Waals surface area contributed by atoms with E-state index in [0.717, 1.165) is 47.3 Å². The van der Waals surface area contributed by atoms with Crippen molar-refractivity contribution in [2.75, 3.05) is 13.1 Å². The number of H-pyrrole nitrogens is 1. The minimum absolute atomic E-state index is 0.0689. The van der Waals surface area contributed by atoms with Crippen LogP contribution in [0.15, 0.2) is 34.4 Å². The summed E-state index contributed by atoms with van der Waals surface area (Å²) in [5.74, 6) is 1.53. The Morgan fingerprint density at radius 2 is 2.20 bits per heavy atom.